The van der Waals surface area contributed by atoms with E-state index >= 15 is 0 Å². The van der Waals surface area contributed by atoms with E-state index in [2.05, 4.69) is 5.10 Å². The van der Waals surface area contributed by atoms with E-state index in [1.807, 2.05) is 31.2 Å². The third-order valence-corrected chi connectivity index (χ3v) is 2.65. The van der Waals surface area contributed by atoms with Crippen molar-refractivity contribution in [1.82, 2.24) is 14.3 Å². The van der Waals surface area contributed by atoms with E-state index in [0.717, 1.165) is 11.3 Å². The third-order valence-electron chi connectivity index (χ3n) is 2.65. The highest BCUT2D eigenvalue weighted by molar-refractivity contribution is 5.32. The summed E-state index contributed by atoms with van der Waals surface area (Å²) < 4.78 is 2.81. The van der Waals surface area contributed by atoms with Crippen molar-refractivity contribution < 1.29 is 5.11 Å². The van der Waals surface area contributed by atoms with Crippen molar-refractivity contribution in [2.45, 2.75) is 20.4 Å². The summed E-state index contributed by atoms with van der Waals surface area (Å²) in [4.78, 5) is 12.0. The summed E-state index contributed by atoms with van der Waals surface area (Å²) in [7, 11) is 0. The lowest BCUT2D eigenvalue weighted by molar-refractivity contribution is 0.273. The lowest BCUT2D eigenvalue weighted by Gasteiger charge is -1.99. The fraction of sp³-hybridized carbons (Fsp3) is 0.333. The summed E-state index contributed by atoms with van der Waals surface area (Å²) in [5.41, 5.74) is 1.65. The molecule has 0 saturated carbocycles. The number of nitrogens with zero attached hydrogens (tertiary/aromatic N) is 3. The zero-order chi connectivity index (χ0) is 12.4. The van der Waals surface area contributed by atoms with E-state index in [1.54, 1.807) is 6.92 Å². The van der Waals surface area contributed by atoms with Gasteiger partial charge in [0.05, 0.1) is 18.8 Å². The molecule has 0 unspecified atom stereocenters. The van der Waals surface area contributed by atoms with Crippen LogP contribution in [0.15, 0.2) is 29.1 Å². The molecular formula is C12H15N3O2. The molecule has 5 nitrogen and oxygen atoms in total. The van der Waals surface area contributed by atoms with Crippen LogP contribution in [0.4, 0.5) is 0 Å². The molecule has 0 atom stereocenters. The lowest BCUT2D eigenvalue weighted by atomic mass is 10.2. The Hall–Kier alpha value is -1.88. The second-order valence-electron chi connectivity index (χ2n) is 3.95. The van der Waals surface area contributed by atoms with Crippen LogP contribution in [0.3, 0.4) is 0 Å². The number of benzene rings is 1. The molecule has 0 fully saturated rings. The van der Waals surface area contributed by atoms with Gasteiger partial charge in [0, 0.05) is 0 Å². The Kier molecular flexibility index (Phi) is 3.10. The van der Waals surface area contributed by atoms with Crippen LogP contribution in [-0.4, -0.2) is 26.1 Å². The van der Waals surface area contributed by atoms with Crippen molar-refractivity contribution in [2.24, 2.45) is 0 Å². The Balaban J connectivity index is 2.50. The zero-order valence-electron chi connectivity index (χ0n) is 9.92. The minimum absolute atomic E-state index is 0.0691. The quantitative estimate of drug-likeness (QED) is 0.846. The molecule has 1 N–H and O–H groups in total. The lowest BCUT2D eigenvalue weighted by Crippen LogP contribution is -2.25. The van der Waals surface area contributed by atoms with Crippen LogP contribution in [-0.2, 0) is 6.54 Å². The summed E-state index contributed by atoms with van der Waals surface area (Å²) in [6.45, 7) is 3.95. The summed E-state index contributed by atoms with van der Waals surface area (Å²) >= 11 is 0. The fourth-order valence-electron chi connectivity index (χ4n) is 1.71. The van der Waals surface area contributed by atoms with E-state index < -0.39 is 0 Å². The fourth-order valence-corrected chi connectivity index (χ4v) is 1.71. The van der Waals surface area contributed by atoms with Crippen LogP contribution in [0, 0.1) is 13.8 Å². The molecule has 1 aromatic heterocycles. The van der Waals surface area contributed by atoms with Crippen molar-refractivity contribution >= 4 is 0 Å². The van der Waals surface area contributed by atoms with Crippen LogP contribution in [0.1, 0.15) is 11.4 Å². The van der Waals surface area contributed by atoms with Gasteiger partial charge in [-0.3, -0.25) is 4.57 Å². The molecule has 0 saturated heterocycles. The number of rotatable bonds is 3. The predicted molar refractivity (Wildman–Crippen MR) is 64.4 cm³/mol. The smallest absolute Gasteiger partial charge is 0.350 e. The van der Waals surface area contributed by atoms with Crippen molar-refractivity contribution in [1.29, 1.82) is 0 Å². The van der Waals surface area contributed by atoms with Crippen molar-refractivity contribution in [3.05, 3.63) is 46.1 Å². The Morgan fingerprint density at radius 1 is 1.24 bits per heavy atom. The van der Waals surface area contributed by atoms with E-state index in [9.17, 15) is 4.79 Å². The van der Waals surface area contributed by atoms with Gasteiger partial charge >= 0.3 is 5.69 Å². The maximum absolute atomic E-state index is 12.0. The first-order valence-electron chi connectivity index (χ1n) is 5.48. The number of hydrogen-bond acceptors (Lipinski definition) is 3. The van der Waals surface area contributed by atoms with Gasteiger partial charge in [-0.15, -0.1) is 0 Å². The molecule has 0 aliphatic carbocycles. The maximum Gasteiger partial charge on any atom is 0.350 e. The molecule has 17 heavy (non-hydrogen) atoms. The number of aliphatic hydroxyl groups is 1. The number of aromatic nitrogens is 3. The van der Waals surface area contributed by atoms with Gasteiger partial charge in [-0.05, 0) is 26.0 Å². The highest BCUT2D eigenvalue weighted by Crippen LogP contribution is 2.06. The van der Waals surface area contributed by atoms with Gasteiger partial charge in [-0.25, -0.2) is 4.79 Å². The monoisotopic (exact) mass is 233 g/mol. The largest absolute Gasteiger partial charge is 0.395 e. The normalized spacial score (nSPS) is 10.8. The van der Waals surface area contributed by atoms with E-state index in [4.69, 9.17) is 5.11 Å². The van der Waals surface area contributed by atoms with Crippen LogP contribution in [0.2, 0.25) is 0 Å². The molecule has 1 aromatic carbocycles. The first-order chi connectivity index (χ1) is 8.13. The van der Waals surface area contributed by atoms with Crippen molar-refractivity contribution in [2.75, 3.05) is 6.61 Å². The van der Waals surface area contributed by atoms with Gasteiger partial charge in [0.25, 0.3) is 0 Å². The highest BCUT2D eigenvalue weighted by atomic mass is 16.3. The van der Waals surface area contributed by atoms with Crippen LogP contribution in [0.25, 0.3) is 5.69 Å². The van der Waals surface area contributed by atoms with E-state index in [1.165, 1.54) is 9.25 Å². The average molecular weight is 233 g/mol. The Labute approximate surface area is 98.9 Å². The summed E-state index contributed by atoms with van der Waals surface area (Å²) in [5, 5.41) is 13.1. The molecule has 0 spiro atoms. The number of aliphatic hydroxyl groups excluding tert-OH is 1. The van der Waals surface area contributed by atoms with Crippen LogP contribution in [0.5, 0.6) is 0 Å². The average Bonchev–Trinajstić information content (AvgIpc) is 2.59. The standard InChI is InChI=1S/C12H15N3O2/c1-9-3-5-11(6-4-9)15-12(17)14(7-8-16)10(2)13-15/h3-6,16H,7-8H2,1-2H3. The first-order valence-corrected chi connectivity index (χ1v) is 5.48. The Morgan fingerprint density at radius 3 is 2.47 bits per heavy atom. The molecule has 90 valence electrons. The minimum Gasteiger partial charge on any atom is -0.395 e. The minimum atomic E-state index is -0.222. The summed E-state index contributed by atoms with van der Waals surface area (Å²) in [6.07, 6.45) is 0. The molecule has 0 bridgehead atoms. The highest BCUT2D eigenvalue weighted by Gasteiger charge is 2.10. The molecule has 0 radical (unpaired) electrons. The molecule has 2 aromatic rings. The van der Waals surface area contributed by atoms with Crippen molar-refractivity contribution in [3.8, 4) is 5.69 Å². The Bertz CT molecular complexity index is 566. The summed E-state index contributed by atoms with van der Waals surface area (Å²) in [5.74, 6) is 0.602. The molecule has 1 heterocycles. The molecule has 5 heteroatoms. The van der Waals surface area contributed by atoms with Gasteiger partial charge in [0.15, 0.2) is 0 Å². The topological polar surface area (TPSA) is 60.1 Å². The maximum atomic E-state index is 12.0. The van der Waals surface area contributed by atoms with Crippen molar-refractivity contribution in [3.63, 3.8) is 0 Å². The zero-order valence-corrected chi connectivity index (χ0v) is 9.92. The first kappa shape index (κ1) is 11.6. The van der Waals surface area contributed by atoms with E-state index in [-0.39, 0.29) is 18.8 Å². The molecular weight excluding hydrogens is 218 g/mol. The van der Waals surface area contributed by atoms with Gasteiger partial charge in [0.1, 0.15) is 5.82 Å². The second kappa shape index (κ2) is 4.55. The molecule has 0 aliphatic rings. The number of aryl methyl sites for hydroxylation is 2. The Morgan fingerprint density at radius 2 is 1.88 bits per heavy atom. The van der Waals surface area contributed by atoms with E-state index in [0.29, 0.717) is 5.82 Å². The van der Waals surface area contributed by atoms with Gasteiger partial charge in [0.2, 0.25) is 0 Å². The molecule has 0 aliphatic heterocycles. The second-order valence-corrected chi connectivity index (χ2v) is 3.95. The third kappa shape index (κ3) is 2.14. The van der Waals surface area contributed by atoms with Crippen LogP contribution >= 0.6 is 0 Å². The molecule has 0 amide bonds. The summed E-state index contributed by atoms with van der Waals surface area (Å²) in [6, 6.07) is 7.57. The predicted octanol–water partition coefficient (Wildman–Crippen LogP) is 0.643. The SMILES string of the molecule is Cc1ccc(-n2nc(C)n(CCO)c2=O)cc1. The molecule has 2 rings (SSSR count). The van der Waals surface area contributed by atoms with Gasteiger partial charge in [-0.2, -0.15) is 9.78 Å². The van der Waals surface area contributed by atoms with Gasteiger partial charge in [-0.1, -0.05) is 17.7 Å². The van der Waals surface area contributed by atoms with Gasteiger partial charge < -0.3 is 5.11 Å². The number of hydrogen-bond donors (Lipinski definition) is 1. The van der Waals surface area contributed by atoms with Crippen LogP contribution < -0.4 is 5.69 Å².